The minimum Gasteiger partial charge on any atom is -0.362 e. The molecule has 0 saturated carbocycles. The summed E-state index contributed by atoms with van der Waals surface area (Å²) in [6.07, 6.45) is 0. The number of rotatable bonds is 1. The van der Waals surface area contributed by atoms with E-state index in [-0.39, 0.29) is 25.0 Å². The molecule has 5 heteroatoms. The first-order valence-electron chi connectivity index (χ1n) is 4.37. The van der Waals surface area contributed by atoms with E-state index in [9.17, 15) is 9.59 Å². The quantitative estimate of drug-likeness (QED) is 0.577. The Bertz CT molecular complexity index is 403. The number of hydrogen-bond acceptors (Lipinski definition) is 3. The van der Waals surface area contributed by atoms with Gasteiger partial charge in [0, 0.05) is 3.57 Å². The van der Waals surface area contributed by atoms with Gasteiger partial charge in [0.15, 0.2) is 0 Å². The van der Waals surface area contributed by atoms with Crippen molar-refractivity contribution >= 4 is 40.1 Å². The predicted molar refractivity (Wildman–Crippen MR) is 62.5 cm³/mol. The van der Waals surface area contributed by atoms with Crippen molar-refractivity contribution in [2.75, 3.05) is 18.1 Å². The number of halogens is 1. The fraction of sp³-hybridized carbons (Fsp3) is 0.200. The highest BCUT2D eigenvalue weighted by atomic mass is 127. The molecule has 1 fully saturated rings. The molecule has 2 rings (SSSR count). The van der Waals surface area contributed by atoms with Crippen LogP contribution in [0, 0.1) is 3.57 Å². The minimum atomic E-state index is -0.312. The second kappa shape index (κ2) is 4.28. The molecule has 1 saturated heterocycles. The molecule has 0 radical (unpaired) electrons. The Morgan fingerprint density at radius 1 is 1.20 bits per heavy atom. The van der Waals surface area contributed by atoms with Crippen LogP contribution in [0.2, 0.25) is 0 Å². The summed E-state index contributed by atoms with van der Waals surface area (Å²) in [4.78, 5) is 24.2. The van der Waals surface area contributed by atoms with Gasteiger partial charge in [-0.05, 0) is 40.8 Å². The summed E-state index contributed by atoms with van der Waals surface area (Å²) in [6.45, 7) is -0.0611. The average molecular weight is 317 g/mol. The SMILES string of the molecule is O=C1COCC(=O)N1c1cccc(I)c1. The van der Waals surface area contributed by atoms with Gasteiger partial charge < -0.3 is 4.74 Å². The van der Waals surface area contributed by atoms with Gasteiger partial charge in [0.1, 0.15) is 13.2 Å². The lowest BCUT2D eigenvalue weighted by molar-refractivity contribution is -0.138. The van der Waals surface area contributed by atoms with Gasteiger partial charge in [-0.25, -0.2) is 4.90 Å². The molecule has 2 amide bonds. The third-order valence-corrected chi connectivity index (χ3v) is 2.69. The van der Waals surface area contributed by atoms with Crippen LogP contribution in [0.4, 0.5) is 5.69 Å². The van der Waals surface area contributed by atoms with Gasteiger partial charge in [0.2, 0.25) is 0 Å². The molecule has 0 aromatic heterocycles. The topological polar surface area (TPSA) is 46.6 Å². The number of carbonyl (C=O) groups excluding carboxylic acids is 2. The Balaban J connectivity index is 2.35. The van der Waals surface area contributed by atoms with Crippen LogP contribution in [0.15, 0.2) is 24.3 Å². The smallest absolute Gasteiger partial charge is 0.259 e. The molecule has 4 nitrogen and oxygen atoms in total. The number of morpholine rings is 1. The van der Waals surface area contributed by atoms with Gasteiger partial charge in [0.25, 0.3) is 11.8 Å². The summed E-state index contributed by atoms with van der Waals surface area (Å²) >= 11 is 2.14. The zero-order valence-corrected chi connectivity index (χ0v) is 9.93. The number of nitrogens with zero attached hydrogens (tertiary/aromatic N) is 1. The van der Waals surface area contributed by atoms with E-state index in [1.54, 1.807) is 12.1 Å². The van der Waals surface area contributed by atoms with Crippen LogP contribution in [0.5, 0.6) is 0 Å². The molecular formula is C10H8INO3. The fourth-order valence-corrected chi connectivity index (χ4v) is 1.92. The highest BCUT2D eigenvalue weighted by molar-refractivity contribution is 14.1. The van der Waals surface area contributed by atoms with Crippen LogP contribution < -0.4 is 4.90 Å². The zero-order chi connectivity index (χ0) is 10.8. The van der Waals surface area contributed by atoms with Crippen molar-refractivity contribution in [1.82, 2.24) is 0 Å². The van der Waals surface area contributed by atoms with E-state index < -0.39 is 0 Å². The lowest BCUT2D eigenvalue weighted by Crippen LogP contribution is -2.46. The van der Waals surface area contributed by atoms with Gasteiger partial charge >= 0.3 is 0 Å². The van der Waals surface area contributed by atoms with Gasteiger partial charge in [-0.2, -0.15) is 0 Å². The van der Waals surface area contributed by atoms with E-state index in [2.05, 4.69) is 22.6 Å². The average Bonchev–Trinajstić information content (AvgIpc) is 2.17. The first-order valence-corrected chi connectivity index (χ1v) is 5.45. The van der Waals surface area contributed by atoms with E-state index in [0.29, 0.717) is 5.69 Å². The Hall–Kier alpha value is -0.950. The highest BCUT2D eigenvalue weighted by Gasteiger charge is 2.27. The Labute approximate surface area is 100 Å². The zero-order valence-electron chi connectivity index (χ0n) is 7.77. The Morgan fingerprint density at radius 3 is 2.47 bits per heavy atom. The number of imide groups is 1. The largest absolute Gasteiger partial charge is 0.362 e. The van der Waals surface area contributed by atoms with Crippen molar-refractivity contribution in [3.63, 3.8) is 0 Å². The Morgan fingerprint density at radius 2 is 1.87 bits per heavy atom. The predicted octanol–water partition coefficient (Wildman–Crippen LogP) is 1.18. The van der Waals surface area contributed by atoms with Gasteiger partial charge in [-0.1, -0.05) is 6.07 Å². The van der Waals surface area contributed by atoms with Crippen molar-refractivity contribution in [3.05, 3.63) is 27.8 Å². The van der Waals surface area contributed by atoms with Crippen LogP contribution in [0.25, 0.3) is 0 Å². The molecule has 0 aliphatic carbocycles. The number of benzene rings is 1. The Kier molecular flexibility index (Phi) is 3.01. The number of hydrogen-bond donors (Lipinski definition) is 0. The monoisotopic (exact) mass is 317 g/mol. The number of anilines is 1. The van der Waals surface area contributed by atoms with E-state index in [0.717, 1.165) is 3.57 Å². The van der Waals surface area contributed by atoms with Crippen LogP contribution >= 0.6 is 22.6 Å². The van der Waals surface area contributed by atoms with Gasteiger partial charge in [0.05, 0.1) is 5.69 Å². The van der Waals surface area contributed by atoms with Gasteiger partial charge in [-0.15, -0.1) is 0 Å². The molecule has 0 atom stereocenters. The maximum absolute atomic E-state index is 11.5. The molecule has 0 unspecified atom stereocenters. The summed E-state index contributed by atoms with van der Waals surface area (Å²) in [5.74, 6) is -0.624. The van der Waals surface area contributed by atoms with E-state index in [1.165, 1.54) is 4.90 Å². The van der Waals surface area contributed by atoms with E-state index >= 15 is 0 Å². The molecule has 1 aromatic rings. The third kappa shape index (κ3) is 2.18. The second-order valence-electron chi connectivity index (χ2n) is 3.10. The van der Waals surface area contributed by atoms with Crippen molar-refractivity contribution in [3.8, 4) is 0 Å². The molecular weight excluding hydrogens is 309 g/mol. The summed E-state index contributed by atoms with van der Waals surface area (Å²) in [7, 11) is 0. The lowest BCUT2D eigenvalue weighted by Gasteiger charge is -2.24. The van der Waals surface area contributed by atoms with Crippen molar-refractivity contribution in [1.29, 1.82) is 0 Å². The normalized spacial score (nSPS) is 17.0. The van der Waals surface area contributed by atoms with Crippen molar-refractivity contribution < 1.29 is 14.3 Å². The fourth-order valence-electron chi connectivity index (χ4n) is 1.40. The standard InChI is InChI=1S/C10H8INO3/c11-7-2-1-3-8(4-7)12-9(13)5-15-6-10(12)14/h1-4H,5-6H2. The molecule has 1 aromatic carbocycles. The van der Waals surface area contributed by atoms with E-state index in [1.807, 2.05) is 12.1 Å². The van der Waals surface area contributed by atoms with Crippen LogP contribution in [-0.4, -0.2) is 25.0 Å². The molecule has 15 heavy (non-hydrogen) atoms. The second-order valence-corrected chi connectivity index (χ2v) is 4.34. The first-order chi connectivity index (χ1) is 7.18. The maximum Gasteiger partial charge on any atom is 0.259 e. The minimum absolute atomic E-state index is 0.0305. The van der Waals surface area contributed by atoms with Crippen LogP contribution in [-0.2, 0) is 14.3 Å². The van der Waals surface area contributed by atoms with E-state index in [4.69, 9.17) is 4.74 Å². The molecule has 1 heterocycles. The summed E-state index contributed by atoms with van der Waals surface area (Å²) in [6, 6.07) is 7.25. The van der Waals surface area contributed by atoms with Crippen molar-refractivity contribution in [2.45, 2.75) is 0 Å². The number of carbonyl (C=O) groups is 2. The number of amides is 2. The third-order valence-electron chi connectivity index (χ3n) is 2.02. The molecule has 0 N–H and O–H groups in total. The highest BCUT2D eigenvalue weighted by Crippen LogP contribution is 2.19. The molecule has 1 aliphatic heterocycles. The van der Waals surface area contributed by atoms with Crippen molar-refractivity contribution in [2.24, 2.45) is 0 Å². The summed E-state index contributed by atoms with van der Waals surface area (Å²) in [5, 5.41) is 0. The lowest BCUT2D eigenvalue weighted by atomic mass is 10.2. The molecule has 1 aliphatic rings. The van der Waals surface area contributed by atoms with Gasteiger partial charge in [-0.3, -0.25) is 9.59 Å². The maximum atomic E-state index is 11.5. The molecule has 0 bridgehead atoms. The van der Waals surface area contributed by atoms with Crippen LogP contribution in [0.1, 0.15) is 0 Å². The number of ether oxygens (including phenoxy) is 1. The molecule has 78 valence electrons. The summed E-state index contributed by atoms with van der Waals surface area (Å²) < 4.78 is 5.82. The van der Waals surface area contributed by atoms with Crippen LogP contribution in [0.3, 0.4) is 0 Å². The summed E-state index contributed by atoms with van der Waals surface area (Å²) in [5.41, 5.74) is 0.611. The molecule has 0 spiro atoms. The first kappa shape index (κ1) is 10.6.